The van der Waals surface area contributed by atoms with Crippen molar-refractivity contribution < 1.29 is 9.59 Å². The topological polar surface area (TPSA) is 107 Å². The Morgan fingerprint density at radius 2 is 1.48 bits per heavy atom. The number of amides is 2. The van der Waals surface area contributed by atoms with Crippen LogP contribution in [0.25, 0.3) is 11.2 Å². The molecule has 9 nitrogen and oxygen atoms in total. The molecule has 3 aromatic rings. The second-order valence-electron chi connectivity index (χ2n) is 6.38. The number of imide groups is 1. The van der Waals surface area contributed by atoms with Gasteiger partial charge in [0.25, 0.3) is 17.4 Å². The monoisotopic (exact) mass is 365 g/mol. The van der Waals surface area contributed by atoms with E-state index in [-0.39, 0.29) is 17.7 Å². The molecule has 1 aliphatic rings. The molecule has 3 heterocycles. The number of aryl methyl sites for hydroxylation is 2. The van der Waals surface area contributed by atoms with Gasteiger partial charge in [-0.2, -0.15) is 0 Å². The number of nitrogens with zero attached hydrogens (tertiary/aromatic N) is 5. The van der Waals surface area contributed by atoms with Crippen LogP contribution >= 0.6 is 0 Å². The van der Waals surface area contributed by atoms with Gasteiger partial charge in [-0.25, -0.2) is 14.8 Å². The Hall–Kier alpha value is -3.62. The van der Waals surface area contributed by atoms with E-state index in [9.17, 15) is 19.2 Å². The molecule has 136 valence electrons. The van der Waals surface area contributed by atoms with Crippen molar-refractivity contribution >= 4 is 23.0 Å². The molecule has 1 aliphatic heterocycles. The normalized spacial score (nSPS) is 13.5. The van der Waals surface area contributed by atoms with Gasteiger partial charge in [-0.3, -0.25) is 28.4 Å². The highest BCUT2D eigenvalue weighted by molar-refractivity contribution is 6.21. The highest BCUT2D eigenvalue weighted by Gasteiger charge is 2.35. The molecule has 0 radical (unpaired) electrons. The molecular formula is C18H15N5O4. The SMILES string of the molecule is Cc1nc2c(=O)n(C)c(=O)n(C)c2nc1CN1C(=O)c2ccccc2C1=O. The number of carbonyl (C=O) groups is 2. The zero-order valence-electron chi connectivity index (χ0n) is 14.9. The van der Waals surface area contributed by atoms with Crippen LogP contribution in [0.5, 0.6) is 0 Å². The molecule has 2 aromatic heterocycles. The highest BCUT2D eigenvalue weighted by atomic mass is 16.2. The van der Waals surface area contributed by atoms with Crippen LogP contribution in [0, 0.1) is 6.92 Å². The van der Waals surface area contributed by atoms with E-state index in [4.69, 9.17) is 0 Å². The van der Waals surface area contributed by atoms with Crippen LogP contribution in [-0.4, -0.2) is 35.8 Å². The smallest absolute Gasteiger partial charge is 0.279 e. The van der Waals surface area contributed by atoms with Gasteiger partial charge in [0.15, 0.2) is 11.2 Å². The lowest BCUT2D eigenvalue weighted by atomic mass is 10.1. The minimum atomic E-state index is -0.545. The lowest BCUT2D eigenvalue weighted by Gasteiger charge is -2.15. The summed E-state index contributed by atoms with van der Waals surface area (Å²) >= 11 is 0. The molecule has 0 spiro atoms. The lowest BCUT2D eigenvalue weighted by molar-refractivity contribution is 0.0640. The molecule has 27 heavy (non-hydrogen) atoms. The first-order chi connectivity index (χ1) is 12.8. The van der Waals surface area contributed by atoms with Crippen LogP contribution in [0.4, 0.5) is 0 Å². The molecule has 0 saturated heterocycles. The van der Waals surface area contributed by atoms with Gasteiger partial charge >= 0.3 is 5.69 Å². The fourth-order valence-corrected chi connectivity index (χ4v) is 3.16. The predicted molar refractivity (Wildman–Crippen MR) is 95.4 cm³/mol. The number of benzene rings is 1. The van der Waals surface area contributed by atoms with Crippen molar-refractivity contribution in [3.8, 4) is 0 Å². The number of aromatic nitrogens is 4. The van der Waals surface area contributed by atoms with E-state index in [1.54, 1.807) is 31.2 Å². The van der Waals surface area contributed by atoms with Crippen molar-refractivity contribution in [3.05, 3.63) is 67.6 Å². The molecule has 4 rings (SSSR count). The number of carbonyl (C=O) groups excluding carboxylic acids is 2. The first kappa shape index (κ1) is 16.8. The van der Waals surface area contributed by atoms with Gasteiger partial charge in [-0.15, -0.1) is 0 Å². The summed E-state index contributed by atoms with van der Waals surface area (Å²) in [5.74, 6) is -0.815. The van der Waals surface area contributed by atoms with Crippen LogP contribution in [-0.2, 0) is 20.6 Å². The maximum absolute atomic E-state index is 12.6. The predicted octanol–water partition coefficient (Wildman–Crippen LogP) is 0.132. The molecule has 0 unspecified atom stereocenters. The minimum absolute atomic E-state index is 0.0585. The van der Waals surface area contributed by atoms with E-state index >= 15 is 0 Å². The number of fused-ring (bicyclic) bond motifs is 2. The van der Waals surface area contributed by atoms with Crippen LogP contribution in [0.1, 0.15) is 32.1 Å². The van der Waals surface area contributed by atoms with E-state index in [1.807, 2.05) is 0 Å². The minimum Gasteiger partial charge on any atom is -0.279 e. The molecule has 0 bridgehead atoms. The standard InChI is InChI=1S/C18H15N5O4/c1-9-12(8-23-15(24)10-6-4-5-7-11(10)16(23)25)20-14-13(19-9)17(26)22(3)18(27)21(14)2/h4-7H,8H2,1-3H3. The Labute approximate surface area is 152 Å². The Morgan fingerprint density at radius 3 is 2.07 bits per heavy atom. The summed E-state index contributed by atoms with van der Waals surface area (Å²) in [7, 11) is 2.85. The molecule has 0 saturated carbocycles. The lowest BCUT2D eigenvalue weighted by Crippen LogP contribution is -2.38. The maximum Gasteiger partial charge on any atom is 0.332 e. The van der Waals surface area contributed by atoms with Gasteiger partial charge in [0.2, 0.25) is 0 Å². The Morgan fingerprint density at radius 1 is 0.889 bits per heavy atom. The second-order valence-corrected chi connectivity index (χ2v) is 6.38. The molecule has 9 heteroatoms. The molecule has 2 amide bonds. The van der Waals surface area contributed by atoms with Crippen molar-refractivity contribution in [1.82, 2.24) is 24.0 Å². The third kappa shape index (κ3) is 2.31. The zero-order chi connectivity index (χ0) is 19.5. The third-order valence-electron chi connectivity index (χ3n) is 4.73. The van der Waals surface area contributed by atoms with E-state index in [1.165, 1.54) is 18.7 Å². The van der Waals surface area contributed by atoms with Gasteiger partial charge in [0, 0.05) is 14.1 Å². The van der Waals surface area contributed by atoms with Crippen molar-refractivity contribution in [2.24, 2.45) is 14.1 Å². The quantitative estimate of drug-likeness (QED) is 0.598. The van der Waals surface area contributed by atoms with E-state index in [0.29, 0.717) is 22.5 Å². The zero-order valence-corrected chi connectivity index (χ0v) is 14.9. The number of rotatable bonds is 2. The molecule has 0 aliphatic carbocycles. The summed E-state index contributed by atoms with van der Waals surface area (Å²) in [5.41, 5.74) is 0.539. The Kier molecular flexibility index (Phi) is 3.55. The number of hydrogen-bond donors (Lipinski definition) is 0. The summed E-state index contributed by atoms with van der Waals surface area (Å²) in [6, 6.07) is 6.59. The van der Waals surface area contributed by atoms with Gasteiger partial charge in [0.1, 0.15) is 0 Å². The maximum atomic E-state index is 12.6. The second kappa shape index (κ2) is 5.70. The molecule has 0 N–H and O–H groups in total. The summed E-state index contributed by atoms with van der Waals surface area (Å²) in [5, 5.41) is 0. The van der Waals surface area contributed by atoms with Crippen molar-refractivity contribution in [2.75, 3.05) is 0 Å². The molecule has 0 atom stereocenters. The summed E-state index contributed by atoms with van der Waals surface area (Å²) in [4.78, 5) is 59.3. The van der Waals surface area contributed by atoms with Crippen LogP contribution < -0.4 is 11.2 Å². The molecule has 1 aromatic carbocycles. The Bertz CT molecular complexity index is 1240. The van der Waals surface area contributed by atoms with Crippen molar-refractivity contribution in [1.29, 1.82) is 0 Å². The average Bonchev–Trinajstić information content (AvgIpc) is 2.91. The van der Waals surface area contributed by atoms with Crippen LogP contribution in [0.15, 0.2) is 33.9 Å². The van der Waals surface area contributed by atoms with E-state index < -0.39 is 23.1 Å². The summed E-state index contributed by atoms with van der Waals surface area (Å²) in [6.45, 7) is 1.55. The van der Waals surface area contributed by atoms with Crippen molar-refractivity contribution in [3.63, 3.8) is 0 Å². The average molecular weight is 365 g/mol. The van der Waals surface area contributed by atoms with Crippen LogP contribution in [0.3, 0.4) is 0 Å². The van der Waals surface area contributed by atoms with Gasteiger partial charge in [-0.05, 0) is 19.1 Å². The summed E-state index contributed by atoms with van der Waals surface area (Å²) in [6.07, 6.45) is 0. The molecule has 0 fully saturated rings. The van der Waals surface area contributed by atoms with Gasteiger partial charge < -0.3 is 0 Å². The van der Waals surface area contributed by atoms with Gasteiger partial charge in [0.05, 0.1) is 29.1 Å². The fraction of sp³-hybridized carbons (Fsp3) is 0.222. The van der Waals surface area contributed by atoms with Crippen LogP contribution in [0.2, 0.25) is 0 Å². The van der Waals surface area contributed by atoms with E-state index in [2.05, 4.69) is 9.97 Å². The number of hydrogen-bond acceptors (Lipinski definition) is 6. The molecular weight excluding hydrogens is 350 g/mol. The fourth-order valence-electron chi connectivity index (χ4n) is 3.16. The van der Waals surface area contributed by atoms with Gasteiger partial charge in [-0.1, -0.05) is 12.1 Å². The van der Waals surface area contributed by atoms with E-state index in [0.717, 1.165) is 9.47 Å². The Balaban J connectivity index is 1.83. The highest BCUT2D eigenvalue weighted by Crippen LogP contribution is 2.24. The first-order valence-electron chi connectivity index (χ1n) is 8.19. The first-order valence-corrected chi connectivity index (χ1v) is 8.19. The third-order valence-corrected chi connectivity index (χ3v) is 4.73. The largest absolute Gasteiger partial charge is 0.332 e. The summed E-state index contributed by atoms with van der Waals surface area (Å²) < 4.78 is 2.18. The van der Waals surface area contributed by atoms with Crippen molar-refractivity contribution in [2.45, 2.75) is 13.5 Å².